The molecule has 0 spiro atoms. The molecule has 0 atom stereocenters. The minimum absolute atomic E-state index is 0.116. The molecule has 0 bridgehead atoms. The highest BCUT2D eigenvalue weighted by Gasteiger charge is 2.04. The molecular weight excluding hydrogens is 174 g/mol. The predicted octanol–water partition coefficient (Wildman–Crippen LogP) is 1.67. The summed E-state index contributed by atoms with van der Waals surface area (Å²) in [6, 6.07) is 5.72. The molecule has 1 aromatic carbocycles. The average Bonchev–Trinajstić information content (AvgIpc) is 2.12. The standard InChI is InChI=1S/C12H13NO/c1-4-5-13-12(14)11-7-9(2)6-10(3)8-11/h1,6-8H,5H2,2-3H3,(H,13,14). The number of carbonyl (C=O) groups is 1. The molecule has 1 amide bonds. The molecule has 0 aliphatic heterocycles. The first-order valence-electron chi connectivity index (χ1n) is 4.43. The van der Waals surface area contributed by atoms with Crippen molar-refractivity contribution in [3.63, 3.8) is 0 Å². The van der Waals surface area contributed by atoms with Gasteiger partial charge in [-0.25, -0.2) is 0 Å². The smallest absolute Gasteiger partial charge is 0.252 e. The van der Waals surface area contributed by atoms with Gasteiger partial charge in [-0.3, -0.25) is 4.79 Å². The van der Waals surface area contributed by atoms with E-state index in [0.717, 1.165) is 11.1 Å². The molecule has 0 unspecified atom stereocenters. The summed E-state index contributed by atoms with van der Waals surface area (Å²) in [4.78, 5) is 11.5. The second-order valence-electron chi connectivity index (χ2n) is 3.26. The molecule has 1 aromatic rings. The van der Waals surface area contributed by atoms with Crippen molar-refractivity contribution < 1.29 is 4.79 Å². The van der Waals surface area contributed by atoms with Crippen LogP contribution in [0.1, 0.15) is 21.5 Å². The Labute approximate surface area is 84.3 Å². The molecule has 14 heavy (non-hydrogen) atoms. The van der Waals surface area contributed by atoms with Crippen molar-refractivity contribution in [2.24, 2.45) is 0 Å². The van der Waals surface area contributed by atoms with Crippen LogP contribution in [-0.4, -0.2) is 12.5 Å². The summed E-state index contributed by atoms with van der Waals surface area (Å²) in [5.41, 5.74) is 2.82. The highest BCUT2D eigenvalue weighted by Crippen LogP contribution is 2.08. The molecular formula is C12H13NO. The third kappa shape index (κ3) is 2.63. The monoisotopic (exact) mass is 187 g/mol. The van der Waals surface area contributed by atoms with Crippen LogP contribution in [0.2, 0.25) is 0 Å². The number of benzene rings is 1. The van der Waals surface area contributed by atoms with E-state index in [9.17, 15) is 4.79 Å². The second kappa shape index (κ2) is 4.48. The van der Waals surface area contributed by atoms with E-state index in [-0.39, 0.29) is 12.5 Å². The largest absolute Gasteiger partial charge is 0.341 e. The van der Waals surface area contributed by atoms with Gasteiger partial charge in [-0.1, -0.05) is 23.1 Å². The normalized spacial score (nSPS) is 9.21. The Kier molecular flexibility index (Phi) is 3.30. The zero-order valence-electron chi connectivity index (χ0n) is 8.42. The van der Waals surface area contributed by atoms with E-state index in [1.54, 1.807) is 0 Å². The average molecular weight is 187 g/mol. The van der Waals surface area contributed by atoms with E-state index in [0.29, 0.717) is 5.56 Å². The molecule has 2 heteroatoms. The van der Waals surface area contributed by atoms with Gasteiger partial charge in [0, 0.05) is 5.56 Å². The molecule has 0 saturated carbocycles. The summed E-state index contributed by atoms with van der Waals surface area (Å²) in [5.74, 6) is 2.25. The van der Waals surface area contributed by atoms with Crippen LogP contribution in [0.25, 0.3) is 0 Å². The van der Waals surface area contributed by atoms with E-state index in [1.165, 1.54) is 0 Å². The van der Waals surface area contributed by atoms with E-state index < -0.39 is 0 Å². The highest BCUT2D eigenvalue weighted by molar-refractivity contribution is 5.94. The predicted molar refractivity (Wildman–Crippen MR) is 57.1 cm³/mol. The summed E-state index contributed by atoms with van der Waals surface area (Å²) in [6.07, 6.45) is 5.05. The van der Waals surface area contributed by atoms with Crippen LogP contribution in [0.4, 0.5) is 0 Å². The van der Waals surface area contributed by atoms with E-state index in [2.05, 4.69) is 11.2 Å². The minimum Gasteiger partial charge on any atom is -0.341 e. The van der Waals surface area contributed by atoms with Gasteiger partial charge in [0.15, 0.2) is 0 Å². The van der Waals surface area contributed by atoms with Crippen molar-refractivity contribution in [1.29, 1.82) is 0 Å². The summed E-state index contributed by atoms with van der Waals surface area (Å²) in [6.45, 7) is 4.20. The fourth-order valence-corrected chi connectivity index (χ4v) is 1.34. The minimum atomic E-state index is -0.116. The number of aryl methyl sites for hydroxylation is 2. The Morgan fingerprint density at radius 1 is 1.36 bits per heavy atom. The lowest BCUT2D eigenvalue weighted by Gasteiger charge is -2.04. The fraction of sp³-hybridized carbons (Fsp3) is 0.250. The van der Waals surface area contributed by atoms with Crippen LogP contribution in [0.15, 0.2) is 18.2 Å². The molecule has 0 fully saturated rings. The van der Waals surface area contributed by atoms with Gasteiger partial charge in [-0.2, -0.15) is 0 Å². The Morgan fingerprint density at radius 2 is 1.93 bits per heavy atom. The van der Waals surface area contributed by atoms with Crippen molar-refractivity contribution >= 4 is 5.91 Å². The number of hydrogen-bond donors (Lipinski definition) is 1. The highest BCUT2D eigenvalue weighted by atomic mass is 16.1. The summed E-state index contributed by atoms with van der Waals surface area (Å²) in [5, 5.41) is 2.63. The van der Waals surface area contributed by atoms with E-state index in [1.807, 2.05) is 32.0 Å². The Hall–Kier alpha value is -1.75. The van der Waals surface area contributed by atoms with Gasteiger partial charge in [0.05, 0.1) is 6.54 Å². The van der Waals surface area contributed by atoms with Crippen molar-refractivity contribution in [3.05, 3.63) is 34.9 Å². The molecule has 0 aromatic heterocycles. The van der Waals surface area contributed by atoms with Gasteiger partial charge in [-0.05, 0) is 26.0 Å². The van der Waals surface area contributed by atoms with Gasteiger partial charge in [0.1, 0.15) is 0 Å². The van der Waals surface area contributed by atoms with Crippen LogP contribution in [0.3, 0.4) is 0 Å². The van der Waals surface area contributed by atoms with Crippen molar-refractivity contribution in [3.8, 4) is 12.3 Å². The van der Waals surface area contributed by atoms with Crippen LogP contribution < -0.4 is 5.32 Å². The first-order valence-corrected chi connectivity index (χ1v) is 4.43. The number of rotatable bonds is 2. The fourth-order valence-electron chi connectivity index (χ4n) is 1.34. The van der Waals surface area contributed by atoms with Crippen LogP contribution in [0, 0.1) is 26.2 Å². The molecule has 0 saturated heterocycles. The number of nitrogens with one attached hydrogen (secondary N) is 1. The van der Waals surface area contributed by atoms with Gasteiger partial charge < -0.3 is 5.32 Å². The Morgan fingerprint density at radius 3 is 2.43 bits per heavy atom. The lowest BCUT2D eigenvalue weighted by atomic mass is 10.1. The maximum Gasteiger partial charge on any atom is 0.252 e. The molecule has 1 rings (SSSR count). The van der Waals surface area contributed by atoms with Crippen molar-refractivity contribution in [2.75, 3.05) is 6.54 Å². The van der Waals surface area contributed by atoms with Gasteiger partial charge in [0.2, 0.25) is 0 Å². The zero-order chi connectivity index (χ0) is 10.6. The molecule has 2 nitrogen and oxygen atoms in total. The number of hydrogen-bond acceptors (Lipinski definition) is 1. The number of terminal acetylenes is 1. The molecule has 0 aliphatic carbocycles. The molecule has 0 aliphatic rings. The van der Waals surface area contributed by atoms with Gasteiger partial charge in [0.25, 0.3) is 5.91 Å². The van der Waals surface area contributed by atoms with Gasteiger partial charge >= 0.3 is 0 Å². The quantitative estimate of drug-likeness (QED) is 0.701. The Balaban J connectivity index is 2.85. The van der Waals surface area contributed by atoms with Gasteiger partial charge in [-0.15, -0.1) is 6.42 Å². The Bertz CT molecular complexity index is 368. The molecule has 0 heterocycles. The van der Waals surface area contributed by atoms with Crippen LogP contribution in [0.5, 0.6) is 0 Å². The lowest BCUT2D eigenvalue weighted by Crippen LogP contribution is -2.23. The van der Waals surface area contributed by atoms with E-state index in [4.69, 9.17) is 6.42 Å². The SMILES string of the molecule is C#CCNC(=O)c1cc(C)cc(C)c1. The third-order valence-corrected chi connectivity index (χ3v) is 1.83. The summed E-state index contributed by atoms with van der Waals surface area (Å²) >= 11 is 0. The van der Waals surface area contributed by atoms with Crippen molar-refractivity contribution in [1.82, 2.24) is 5.32 Å². The molecule has 72 valence electrons. The number of carbonyl (C=O) groups excluding carboxylic acids is 1. The third-order valence-electron chi connectivity index (χ3n) is 1.83. The maximum atomic E-state index is 11.5. The zero-order valence-corrected chi connectivity index (χ0v) is 8.42. The maximum absolute atomic E-state index is 11.5. The first kappa shape index (κ1) is 10.3. The van der Waals surface area contributed by atoms with Crippen LogP contribution >= 0.6 is 0 Å². The lowest BCUT2D eigenvalue weighted by molar-refractivity contribution is 0.0958. The molecule has 1 N–H and O–H groups in total. The number of amides is 1. The van der Waals surface area contributed by atoms with Crippen LogP contribution in [-0.2, 0) is 0 Å². The van der Waals surface area contributed by atoms with Crippen molar-refractivity contribution in [2.45, 2.75) is 13.8 Å². The summed E-state index contributed by atoms with van der Waals surface area (Å²) < 4.78 is 0. The topological polar surface area (TPSA) is 29.1 Å². The first-order chi connectivity index (χ1) is 6.63. The molecule has 0 radical (unpaired) electrons. The summed E-state index contributed by atoms with van der Waals surface area (Å²) in [7, 11) is 0. The second-order valence-corrected chi connectivity index (χ2v) is 3.26. The van der Waals surface area contributed by atoms with E-state index >= 15 is 0 Å².